The van der Waals surface area contributed by atoms with Gasteiger partial charge in [-0.25, -0.2) is 12.7 Å². The lowest BCUT2D eigenvalue weighted by Crippen LogP contribution is -2.28. The van der Waals surface area contributed by atoms with E-state index in [0.29, 0.717) is 18.7 Å². The minimum atomic E-state index is -3.60. The molecule has 1 rings (SSSR count). The van der Waals surface area contributed by atoms with Gasteiger partial charge in [0.1, 0.15) is 4.90 Å². The van der Waals surface area contributed by atoms with Crippen molar-refractivity contribution in [3.05, 3.63) is 18.2 Å². The van der Waals surface area contributed by atoms with Crippen LogP contribution in [-0.4, -0.2) is 53.4 Å². The first-order valence-corrected chi connectivity index (χ1v) is 7.88. The number of benzene rings is 1. The van der Waals surface area contributed by atoms with Gasteiger partial charge in [-0.15, -0.1) is 0 Å². The Labute approximate surface area is 125 Å². The average molecular weight is 314 g/mol. The Morgan fingerprint density at radius 1 is 1.29 bits per heavy atom. The Kier molecular flexibility index (Phi) is 5.56. The molecule has 0 bridgehead atoms. The number of nitrogens with one attached hydrogen (secondary N) is 1. The third-order valence-electron chi connectivity index (χ3n) is 3.17. The molecule has 7 nitrogen and oxygen atoms in total. The molecule has 0 aliphatic heterocycles. The highest BCUT2D eigenvalue weighted by Crippen LogP contribution is 2.30. The smallest absolute Gasteiger partial charge is 0.244 e. The van der Waals surface area contributed by atoms with Gasteiger partial charge in [0.2, 0.25) is 15.9 Å². The molecule has 1 aromatic rings. The van der Waals surface area contributed by atoms with Crippen LogP contribution in [0.3, 0.4) is 0 Å². The quantitative estimate of drug-likeness (QED) is 0.726. The van der Waals surface area contributed by atoms with Crippen molar-refractivity contribution in [3.63, 3.8) is 0 Å². The topological polar surface area (TPSA) is 95.7 Å². The van der Waals surface area contributed by atoms with Crippen LogP contribution in [0.25, 0.3) is 0 Å². The van der Waals surface area contributed by atoms with Gasteiger partial charge in [-0.1, -0.05) is 6.07 Å². The number of sulfonamides is 1. The molecular weight excluding hydrogens is 292 g/mol. The maximum absolute atomic E-state index is 12.2. The number of nitrogens with zero attached hydrogens (tertiary/aromatic N) is 2. The summed E-state index contributed by atoms with van der Waals surface area (Å²) in [7, 11) is 2.65. The molecule has 0 spiro atoms. The Hall–Kier alpha value is -1.80. The highest BCUT2D eigenvalue weighted by atomic mass is 32.2. The molecule has 0 unspecified atom stereocenters. The highest BCUT2D eigenvalue weighted by Gasteiger charge is 2.22. The third-order valence-corrected chi connectivity index (χ3v) is 5.04. The van der Waals surface area contributed by atoms with E-state index in [4.69, 9.17) is 5.73 Å². The number of nitrogens with two attached hydrogens (primary N) is 1. The Balaban J connectivity index is 3.09. The molecule has 8 heteroatoms. The van der Waals surface area contributed by atoms with E-state index in [1.807, 2.05) is 0 Å². The molecule has 3 N–H and O–H groups in total. The molecule has 0 aliphatic rings. The molecule has 0 atom stereocenters. The van der Waals surface area contributed by atoms with Crippen molar-refractivity contribution < 1.29 is 13.2 Å². The van der Waals surface area contributed by atoms with Gasteiger partial charge in [-0.2, -0.15) is 0 Å². The van der Waals surface area contributed by atoms with Crippen LogP contribution in [0.4, 0.5) is 11.4 Å². The average Bonchev–Trinajstić information content (AvgIpc) is 2.44. The molecule has 0 aliphatic carbocycles. The SMILES string of the molecule is CNC(=O)CCN(C)c1cccc(S(=O)(=O)N(C)C)c1N. The van der Waals surface area contributed by atoms with E-state index in [0.717, 1.165) is 4.31 Å². The molecule has 118 valence electrons. The molecule has 21 heavy (non-hydrogen) atoms. The van der Waals surface area contributed by atoms with Gasteiger partial charge in [0.25, 0.3) is 0 Å². The van der Waals surface area contributed by atoms with E-state index < -0.39 is 10.0 Å². The second-order valence-corrected chi connectivity index (χ2v) is 6.94. The van der Waals surface area contributed by atoms with Gasteiger partial charge in [0.05, 0.1) is 11.4 Å². The molecule has 0 aromatic heterocycles. The minimum Gasteiger partial charge on any atom is -0.396 e. The predicted molar refractivity (Wildman–Crippen MR) is 83.7 cm³/mol. The van der Waals surface area contributed by atoms with E-state index in [2.05, 4.69) is 5.32 Å². The number of rotatable bonds is 6. The molecule has 0 saturated carbocycles. The number of anilines is 2. The van der Waals surface area contributed by atoms with Crippen molar-refractivity contribution in [1.82, 2.24) is 9.62 Å². The summed E-state index contributed by atoms with van der Waals surface area (Å²) in [6.45, 7) is 0.440. The molecule has 1 amide bonds. The first-order valence-electron chi connectivity index (χ1n) is 6.44. The van der Waals surface area contributed by atoms with E-state index in [9.17, 15) is 13.2 Å². The minimum absolute atomic E-state index is 0.0665. The fraction of sp³-hybridized carbons (Fsp3) is 0.462. The molecular formula is C13H22N4O3S. The number of nitrogen functional groups attached to an aromatic ring is 1. The van der Waals surface area contributed by atoms with Crippen LogP contribution in [-0.2, 0) is 14.8 Å². The first kappa shape index (κ1) is 17.3. The van der Waals surface area contributed by atoms with Crippen LogP contribution >= 0.6 is 0 Å². The van der Waals surface area contributed by atoms with Crippen molar-refractivity contribution in [1.29, 1.82) is 0 Å². The Morgan fingerprint density at radius 2 is 1.90 bits per heavy atom. The van der Waals surface area contributed by atoms with Crippen LogP contribution in [0.1, 0.15) is 6.42 Å². The number of hydrogen-bond acceptors (Lipinski definition) is 5. The number of carbonyl (C=O) groups is 1. The number of amides is 1. The molecule has 0 heterocycles. The second-order valence-electron chi connectivity index (χ2n) is 4.82. The predicted octanol–water partition coefficient (Wildman–Crippen LogP) is 0.0914. The summed E-state index contributed by atoms with van der Waals surface area (Å²) in [6, 6.07) is 4.84. The number of para-hydroxylation sites is 1. The summed E-state index contributed by atoms with van der Waals surface area (Å²) < 4.78 is 25.5. The van der Waals surface area contributed by atoms with Crippen LogP contribution in [0.2, 0.25) is 0 Å². The van der Waals surface area contributed by atoms with Gasteiger partial charge >= 0.3 is 0 Å². The second kappa shape index (κ2) is 6.77. The van der Waals surface area contributed by atoms with Crippen molar-refractivity contribution in [2.75, 3.05) is 45.4 Å². The maximum atomic E-state index is 12.2. The zero-order valence-electron chi connectivity index (χ0n) is 12.8. The van der Waals surface area contributed by atoms with Crippen LogP contribution in [0.5, 0.6) is 0 Å². The van der Waals surface area contributed by atoms with Crippen molar-refractivity contribution in [2.24, 2.45) is 0 Å². The summed E-state index contributed by atoms with van der Waals surface area (Å²) in [6.07, 6.45) is 0.303. The monoisotopic (exact) mass is 314 g/mol. The van der Waals surface area contributed by atoms with Crippen molar-refractivity contribution in [2.45, 2.75) is 11.3 Å². The summed E-state index contributed by atoms with van der Waals surface area (Å²) in [5.41, 5.74) is 6.77. The lowest BCUT2D eigenvalue weighted by atomic mass is 10.2. The van der Waals surface area contributed by atoms with E-state index in [-0.39, 0.29) is 16.5 Å². The summed E-state index contributed by atoms with van der Waals surface area (Å²) in [4.78, 5) is 13.1. The van der Waals surface area contributed by atoms with Gasteiger partial charge in [0, 0.05) is 41.2 Å². The normalized spacial score (nSPS) is 11.5. The fourth-order valence-corrected chi connectivity index (χ4v) is 2.83. The number of carbonyl (C=O) groups excluding carboxylic acids is 1. The maximum Gasteiger partial charge on any atom is 0.244 e. The molecule has 0 fully saturated rings. The van der Waals surface area contributed by atoms with Gasteiger partial charge in [-0.3, -0.25) is 4.79 Å². The zero-order chi connectivity index (χ0) is 16.2. The van der Waals surface area contributed by atoms with Crippen LogP contribution in [0.15, 0.2) is 23.1 Å². The summed E-state index contributed by atoms with van der Waals surface area (Å²) >= 11 is 0. The van der Waals surface area contributed by atoms with Gasteiger partial charge < -0.3 is 16.0 Å². The fourth-order valence-electron chi connectivity index (χ4n) is 1.80. The zero-order valence-corrected chi connectivity index (χ0v) is 13.6. The summed E-state index contributed by atoms with van der Waals surface area (Å²) in [5.74, 6) is -0.0857. The summed E-state index contributed by atoms with van der Waals surface area (Å²) in [5, 5.41) is 2.54. The van der Waals surface area contributed by atoms with E-state index >= 15 is 0 Å². The van der Waals surface area contributed by atoms with Gasteiger partial charge in [0.15, 0.2) is 0 Å². The Morgan fingerprint density at radius 3 is 2.43 bits per heavy atom. The van der Waals surface area contributed by atoms with Crippen LogP contribution in [0, 0.1) is 0 Å². The Bertz CT molecular complexity index is 614. The molecule has 0 radical (unpaired) electrons. The molecule has 1 aromatic carbocycles. The van der Waals surface area contributed by atoms with Crippen molar-refractivity contribution >= 4 is 27.3 Å². The van der Waals surface area contributed by atoms with Crippen molar-refractivity contribution in [3.8, 4) is 0 Å². The first-order chi connectivity index (χ1) is 9.71. The lowest BCUT2D eigenvalue weighted by molar-refractivity contribution is -0.120. The van der Waals surface area contributed by atoms with Gasteiger partial charge in [-0.05, 0) is 12.1 Å². The standard InChI is InChI=1S/C13H22N4O3S/c1-15-12(18)8-9-17(4)10-6-5-7-11(13(10)14)21(19,20)16(2)3/h5-7H,8-9,14H2,1-4H3,(H,15,18). The largest absolute Gasteiger partial charge is 0.396 e. The van der Waals surface area contributed by atoms with E-state index in [1.165, 1.54) is 20.2 Å². The lowest BCUT2D eigenvalue weighted by Gasteiger charge is -2.23. The number of hydrogen-bond donors (Lipinski definition) is 2. The van der Waals surface area contributed by atoms with E-state index in [1.54, 1.807) is 31.1 Å². The van der Waals surface area contributed by atoms with Crippen LogP contribution < -0.4 is 16.0 Å². The highest BCUT2D eigenvalue weighted by molar-refractivity contribution is 7.89. The third kappa shape index (κ3) is 3.85. The molecule has 0 saturated heterocycles.